The number of carbonyl (C=O) groups excluding carboxylic acids is 1. The molecule has 3 aromatic heterocycles. The summed E-state index contributed by atoms with van der Waals surface area (Å²) in [6, 6.07) is 13.1. The minimum atomic E-state index is -0.212. The molecule has 5 rings (SSSR count). The fraction of sp³-hybridized carbons (Fsp3) is 0.250. The zero-order chi connectivity index (χ0) is 25.6. The summed E-state index contributed by atoms with van der Waals surface area (Å²) >= 11 is 0. The maximum absolute atomic E-state index is 12.9. The number of ether oxygens (including phenoxy) is 1. The molecule has 1 fully saturated rings. The SMILES string of the molecule is COc1cncc(-c2ccnc(Nc3cc(NC(=O)c4ccc(N5CCCCC5)nc4)ccc3C)n2)c1. The lowest BCUT2D eigenvalue weighted by Gasteiger charge is -2.27. The molecule has 9 heteroatoms. The Hall–Kier alpha value is -4.53. The number of aryl methyl sites for hydroxylation is 1. The molecule has 0 saturated carbocycles. The summed E-state index contributed by atoms with van der Waals surface area (Å²) < 4.78 is 5.27. The first-order valence-corrected chi connectivity index (χ1v) is 12.3. The minimum Gasteiger partial charge on any atom is -0.495 e. The van der Waals surface area contributed by atoms with Crippen LogP contribution in [0.2, 0.25) is 0 Å². The molecule has 1 aliphatic heterocycles. The number of pyridine rings is 2. The molecule has 188 valence electrons. The summed E-state index contributed by atoms with van der Waals surface area (Å²) in [7, 11) is 1.60. The zero-order valence-corrected chi connectivity index (χ0v) is 20.9. The van der Waals surface area contributed by atoms with Crippen LogP contribution in [0.25, 0.3) is 11.3 Å². The molecule has 9 nitrogen and oxygen atoms in total. The number of hydrogen-bond donors (Lipinski definition) is 2. The topological polar surface area (TPSA) is 105 Å². The van der Waals surface area contributed by atoms with E-state index in [-0.39, 0.29) is 5.91 Å². The maximum atomic E-state index is 12.9. The van der Waals surface area contributed by atoms with Crippen molar-refractivity contribution in [3.63, 3.8) is 0 Å². The summed E-state index contributed by atoms with van der Waals surface area (Å²) in [4.78, 5) is 32.9. The first-order valence-electron chi connectivity index (χ1n) is 12.3. The van der Waals surface area contributed by atoms with Gasteiger partial charge in [-0.15, -0.1) is 0 Å². The van der Waals surface area contributed by atoms with Crippen molar-refractivity contribution >= 4 is 29.0 Å². The highest BCUT2D eigenvalue weighted by molar-refractivity contribution is 6.04. The monoisotopic (exact) mass is 495 g/mol. The fourth-order valence-corrected chi connectivity index (χ4v) is 4.24. The van der Waals surface area contributed by atoms with Gasteiger partial charge in [-0.1, -0.05) is 6.07 Å². The molecule has 1 aliphatic rings. The highest BCUT2D eigenvalue weighted by Crippen LogP contribution is 2.26. The van der Waals surface area contributed by atoms with Gasteiger partial charge in [-0.2, -0.15) is 0 Å². The van der Waals surface area contributed by atoms with E-state index in [1.807, 2.05) is 49.4 Å². The Kier molecular flexibility index (Phi) is 7.21. The summed E-state index contributed by atoms with van der Waals surface area (Å²) in [5.41, 5.74) is 4.49. The second kappa shape index (κ2) is 11.0. The number of piperidine rings is 1. The van der Waals surface area contributed by atoms with Crippen LogP contribution in [0.4, 0.5) is 23.1 Å². The highest BCUT2D eigenvalue weighted by Gasteiger charge is 2.14. The van der Waals surface area contributed by atoms with E-state index in [4.69, 9.17) is 4.74 Å². The largest absolute Gasteiger partial charge is 0.495 e. The van der Waals surface area contributed by atoms with Crippen molar-refractivity contribution in [3.05, 3.63) is 78.4 Å². The van der Waals surface area contributed by atoms with Crippen molar-refractivity contribution in [1.29, 1.82) is 0 Å². The van der Waals surface area contributed by atoms with Gasteiger partial charge in [-0.05, 0) is 68.1 Å². The Bertz CT molecular complexity index is 1390. The molecule has 1 saturated heterocycles. The molecule has 0 atom stereocenters. The van der Waals surface area contributed by atoms with E-state index in [1.165, 1.54) is 19.3 Å². The smallest absolute Gasteiger partial charge is 0.257 e. The van der Waals surface area contributed by atoms with Crippen LogP contribution >= 0.6 is 0 Å². The predicted octanol–water partition coefficient (Wildman–Crippen LogP) is 5.24. The molecule has 0 radical (unpaired) electrons. The Morgan fingerprint density at radius 1 is 0.973 bits per heavy atom. The van der Waals surface area contributed by atoms with Gasteiger partial charge in [0.2, 0.25) is 5.95 Å². The van der Waals surface area contributed by atoms with Gasteiger partial charge in [0.05, 0.1) is 24.6 Å². The number of nitrogens with zero attached hydrogens (tertiary/aromatic N) is 5. The molecule has 1 aromatic carbocycles. The predicted molar refractivity (Wildman–Crippen MR) is 145 cm³/mol. The molecule has 0 unspecified atom stereocenters. The van der Waals surface area contributed by atoms with Gasteiger partial charge in [0.1, 0.15) is 11.6 Å². The lowest BCUT2D eigenvalue weighted by Crippen LogP contribution is -2.30. The Morgan fingerprint density at radius 2 is 1.84 bits per heavy atom. The van der Waals surface area contributed by atoms with E-state index in [1.54, 1.807) is 31.9 Å². The summed E-state index contributed by atoms with van der Waals surface area (Å²) in [5, 5.41) is 6.23. The Balaban J connectivity index is 1.29. The second-order valence-corrected chi connectivity index (χ2v) is 8.94. The summed E-state index contributed by atoms with van der Waals surface area (Å²) in [6.45, 7) is 4.01. The van der Waals surface area contributed by atoms with Crippen molar-refractivity contribution in [3.8, 4) is 17.0 Å². The third kappa shape index (κ3) is 5.83. The van der Waals surface area contributed by atoms with E-state index >= 15 is 0 Å². The number of hydrogen-bond acceptors (Lipinski definition) is 8. The molecule has 4 heterocycles. The van der Waals surface area contributed by atoms with Crippen LogP contribution < -0.4 is 20.3 Å². The molecule has 37 heavy (non-hydrogen) atoms. The van der Waals surface area contributed by atoms with Crippen molar-refractivity contribution in [2.75, 3.05) is 35.7 Å². The molecule has 4 aromatic rings. The molecule has 0 aliphatic carbocycles. The van der Waals surface area contributed by atoms with Crippen LogP contribution in [0, 0.1) is 6.92 Å². The van der Waals surface area contributed by atoms with Crippen LogP contribution in [0.15, 0.2) is 67.3 Å². The number of anilines is 4. The second-order valence-electron chi connectivity index (χ2n) is 8.94. The highest BCUT2D eigenvalue weighted by atomic mass is 16.5. The van der Waals surface area contributed by atoms with Gasteiger partial charge in [0, 0.05) is 48.6 Å². The maximum Gasteiger partial charge on any atom is 0.257 e. The van der Waals surface area contributed by atoms with E-state index < -0.39 is 0 Å². The van der Waals surface area contributed by atoms with Crippen molar-refractivity contribution < 1.29 is 9.53 Å². The van der Waals surface area contributed by atoms with Crippen LogP contribution in [-0.2, 0) is 0 Å². The van der Waals surface area contributed by atoms with Gasteiger partial charge < -0.3 is 20.3 Å². The molecular formula is C28H29N7O2. The average Bonchev–Trinajstić information content (AvgIpc) is 2.95. The normalized spacial score (nSPS) is 13.2. The number of benzene rings is 1. The van der Waals surface area contributed by atoms with Gasteiger partial charge in [0.15, 0.2) is 0 Å². The van der Waals surface area contributed by atoms with Gasteiger partial charge in [0.25, 0.3) is 5.91 Å². The third-order valence-electron chi connectivity index (χ3n) is 6.33. The van der Waals surface area contributed by atoms with Gasteiger partial charge >= 0.3 is 0 Å². The quantitative estimate of drug-likeness (QED) is 0.359. The summed E-state index contributed by atoms with van der Waals surface area (Å²) in [6.07, 6.45) is 10.3. The van der Waals surface area contributed by atoms with Crippen molar-refractivity contribution in [1.82, 2.24) is 19.9 Å². The number of carbonyl (C=O) groups is 1. The molecular weight excluding hydrogens is 466 g/mol. The van der Waals surface area contributed by atoms with E-state index in [0.29, 0.717) is 28.6 Å². The van der Waals surface area contributed by atoms with E-state index in [9.17, 15) is 4.79 Å². The number of aromatic nitrogens is 4. The number of methoxy groups -OCH3 is 1. The first kappa shape index (κ1) is 24.2. The first-order chi connectivity index (χ1) is 18.1. The molecule has 0 spiro atoms. The lowest BCUT2D eigenvalue weighted by molar-refractivity contribution is 0.102. The Morgan fingerprint density at radius 3 is 2.62 bits per heavy atom. The van der Waals surface area contributed by atoms with Crippen molar-refractivity contribution in [2.24, 2.45) is 0 Å². The molecule has 2 N–H and O–H groups in total. The average molecular weight is 496 g/mol. The van der Waals surface area contributed by atoms with Gasteiger partial charge in [-0.3, -0.25) is 9.78 Å². The van der Waals surface area contributed by atoms with Crippen LogP contribution in [-0.4, -0.2) is 46.0 Å². The standard InChI is InChI=1S/C28H29N7O2/c1-19-6-8-22(32-27(36)20-7-9-26(31-17-20)35-12-4-3-5-13-35)15-25(19)34-28-30-11-10-24(33-28)21-14-23(37-2)18-29-16-21/h6-11,14-18H,3-5,12-13H2,1-2H3,(H,32,36)(H,30,33,34). The fourth-order valence-electron chi connectivity index (χ4n) is 4.24. The van der Waals surface area contributed by atoms with E-state index in [0.717, 1.165) is 35.7 Å². The Labute approximate surface area is 216 Å². The van der Waals surface area contributed by atoms with Crippen LogP contribution in [0.1, 0.15) is 35.2 Å². The zero-order valence-electron chi connectivity index (χ0n) is 20.9. The lowest BCUT2D eigenvalue weighted by atomic mass is 10.1. The van der Waals surface area contributed by atoms with E-state index in [2.05, 4.69) is 35.5 Å². The number of rotatable bonds is 7. The molecule has 0 bridgehead atoms. The summed E-state index contributed by atoms with van der Waals surface area (Å²) in [5.74, 6) is 1.80. The number of amides is 1. The molecule has 1 amide bonds. The van der Waals surface area contributed by atoms with Crippen molar-refractivity contribution in [2.45, 2.75) is 26.2 Å². The van der Waals surface area contributed by atoms with Crippen LogP contribution in [0.3, 0.4) is 0 Å². The minimum absolute atomic E-state index is 0.212. The van der Waals surface area contributed by atoms with Crippen LogP contribution in [0.5, 0.6) is 5.75 Å². The van der Waals surface area contributed by atoms with Gasteiger partial charge in [-0.25, -0.2) is 15.0 Å². The number of nitrogens with one attached hydrogen (secondary N) is 2. The third-order valence-corrected chi connectivity index (χ3v) is 6.33.